The lowest BCUT2D eigenvalue weighted by Gasteiger charge is -2.58. The van der Waals surface area contributed by atoms with Gasteiger partial charge in [-0.2, -0.15) is 0 Å². The Morgan fingerprint density at radius 1 is 1.10 bits per heavy atom. The molecule has 3 aliphatic rings. The van der Waals surface area contributed by atoms with Crippen LogP contribution in [-0.2, 0) is 9.59 Å². The van der Waals surface area contributed by atoms with Crippen LogP contribution in [0.2, 0.25) is 0 Å². The number of hydrogen-bond acceptors (Lipinski definition) is 2. The maximum atomic E-state index is 13.1. The molecule has 0 amide bonds. The first-order chi connectivity index (χ1) is 14.0. The van der Waals surface area contributed by atoms with E-state index in [1.54, 1.807) is 0 Å². The Bertz CT molecular complexity index is 640. The summed E-state index contributed by atoms with van der Waals surface area (Å²) in [5, 5.41) is 9.27. The Labute approximate surface area is 184 Å². The fraction of sp³-hybridized carbons (Fsp3) is 0.926. The van der Waals surface area contributed by atoms with Crippen molar-refractivity contribution in [3.05, 3.63) is 0 Å². The normalized spacial score (nSPS) is 42.1. The highest BCUT2D eigenvalue weighted by atomic mass is 16.4. The third-order valence-corrected chi connectivity index (χ3v) is 10.0. The third kappa shape index (κ3) is 4.24. The molecule has 0 aromatic rings. The molecule has 0 spiro atoms. The SMILES string of the molecule is CC(C)CCCC(C)C1CCC2C3C(C)CC(=O)[C@](C)(CCC(=O)O)C3CC[C@]12C. The van der Waals surface area contributed by atoms with Crippen LogP contribution in [0.1, 0.15) is 106 Å². The summed E-state index contributed by atoms with van der Waals surface area (Å²) in [6.45, 7) is 14.1. The summed E-state index contributed by atoms with van der Waals surface area (Å²) in [7, 11) is 0. The zero-order valence-corrected chi connectivity index (χ0v) is 20.4. The van der Waals surface area contributed by atoms with E-state index in [-0.39, 0.29) is 6.42 Å². The lowest BCUT2D eigenvalue weighted by atomic mass is 9.45. The van der Waals surface area contributed by atoms with Crippen molar-refractivity contribution in [2.75, 3.05) is 0 Å². The summed E-state index contributed by atoms with van der Waals surface area (Å²) in [5.41, 5.74) is -0.0291. The lowest BCUT2D eigenvalue weighted by molar-refractivity contribution is -0.154. The molecule has 6 unspecified atom stereocenters. The fourth-order valence-corrected chi connectivity index (χ4v) is 8.32. The summed E-state index contributed by atoms with van der Waals surface area (Å²) in [6, 6.07) is 0. The number of hydrogen-bond donors (Lipinski definition) is 1. The van der Waals surface area contributed by atoms with Gasteiger partial charge in [0.15, 0.2) is 0 Å². The molecule has 1 N–H and O–H groups in total. The van der Waals surface area contributed by atoms with Gasteiger partial charge in [-0.1, -0.05) is 60.8 Å². The van der Waals surface area contributed by atoms with Crippen LogP contribution in [0.5, 0.6) is 0 Å². The van der Waals surface area contributed by atoms with Crippen molar-refractivity contribution in [3.8, 4) is 0 Å². The summed E-state index contributed by atoms with van der Waals surface area (Å²) in [5.74, 6) is 4.08. The molecule has 0 aliphatic heterocycles. The maximum Gasteiger partial charge on any atom is 0.303 e. The van der Waals surface area contributed by atoms with Gasteiger partial charge in [0.25, 0.3) is 0 Å². The van der Waals surface area contributed by atoms with Gasteiger partial charge in [-0.25, -0.2) is 0 Å². The Hall–Kier alpha value is -0.860. The largest absolute Gasteiger partial charge is 0.481 e. The second-order valence-corrected chi connectivity index (χ2v) is 12.2. The van der Waals surface area contributed by atoms with Crippen molar-refractivity contribution >= 4 is 11.8 Å². The van der Waals surface area contributed by atoms with E-state index < -0.39 is 11.4 Å². The smallest absolute Gasteiger partial charge is 0.303 e. The number of ketones is 1. The Balaban J connectivity index is 1.78. The molecule has 3 nitrogen and oxygen atoms in total. The highest BCUT2D eigenvalue weighted by Gasteiger charge is 2.61. The van der Waals surface area contributed by atoms with Gasteiger partial charge in [-0.3, -0.25) is 9.59 Å². The molecule has 0 heterocycles. The van der Waals surface area contributed by atoms with Crippen molar-refractivity contribution in [2.45, 2.75) is 106 Å². The van der Waals surface area contributed by atoms with E-state index >= 15 is 0 Å². The van der Waals surface area contributed by atoms with Gasteiger partial charge in [-0.15, -0.1) is 0 Å². The van der Waals surface area contributed by atoms with Crippen molar-refractivity contribution in [2.24, 2.45) is 52.3 Å². The van der Waals surface area contributed by atoms with Crippen LogP contribution < -0.4 is 0 Å². The number of rotatable bonds is 8. The average Bonchev–Trinajstić information content (AvgIpc) is 3.01. The Morgan fingerprint density at radius 2 is 1.80 bits per heavy atom. The van der Waals surface area contributed by atoms with Gasteiger partial charge in [0.05, 0.1) is 0 Å². The summed E-state index contributed by atoms with van der Waals surface area (Å²) in [6.07, 6.45) is 10.3. The van der Waals surface area contributed by atoms with Gasteiger partial charge in [0.2, 0.25) is 0 Å². The zero-order chi connectivity index (χ0) is 22.3. The molecule has 3 fully saturated rings. The molecule has 3 aliphatic carbocycles. The van der Waals surface area contributed by atoms with Gasteiger partial charge >= 0.3 is 5.97 Å². The van der Waals surface area contributed by atoms with E-state index in [0.29, 0.717) is 47.7 Å². The topological polar surface area (TPSA) is 54.4 Å². The van der Waals surface area contributed by atoms with E-state index in [2.05, 4.69) is 41.5 Å². The van der Waals surface area contributed by atoms with Crippen LogP contribution in [0.4, 0.5) is 0 Å². The fourth-order valence-electron chi connectivity index (χ4n) is 8.32. The average molecular weight is 419 g/mol. The molecule has 8 atom stereocenters. The van der Waals surface area contributed by atoms with Crippen LogP contribution in [0.3, 0.4) is 0 Å². The molecule has 0 aromatic heterocycles. The van der Waals surface area contributed by atoms with Crippen molar-refractivity contribution in [1.29, 1.82) is 0 Å². The lowest BCUT2D eigenvalue weighted by Crippen LogP contribution is -2.55. The first-order valence-corrected chi connectivity index (χ1v) is 12.8. The quantitative estimate of drug-likeness (QED) is 0.462. The second kappa shape index (κ2) is 8.94. The second-order valence-electron chi connectivity index (χ2n) is 12.2. The monoisotopic (exact) mass is 418 g/mol. The molecule has 0 saturated heterocycles. The molecular formula is C27H46O3. The maximum absolute atomic E-state index is 13.1. The molecule has 3 heteroatoms. The van der Waals surface area contributed by atoms with E-state index in [1.807, 2.05) is 0 Å². The third-order valence-electron chi connectivity index (χ3n) is 10.0. The van der Waals surface area contributed by atoms with Gasteiger partial charge in [-0.05, 0) is 78.9 Å². The van der Waals surface area contributed by atoms with E-state index in [0.717, 1.165) is 24.2 Å². The minimum atomic E-state index is -0.768. The molecule has 0 aromatic carbocycles. The first-order valence-electron chi connectivity index (χ1n) is 12.8. The van der Waals surface area contributed by atoms with E-state index in [4.69, 9.17) is 0 Å². The minimum absolute atomic E-state index is 0.122. The predicted octanol–water partition coefficient (Wildman–Crippen LogP) is 6.99. The molecular weight excluding hydrogens is 372 g/mol. The molecule has 0 radical (unpaired) electrons. The van der Waals surface area contributed by atoms with Crippen LogP contribution in [0.15, 0.2) is 0 Å². The van der Waals surface area contributed by atoms with Gasteiger partial charge < -0.3 is 5.11 Å². The molecule has 3 saturated carbocycles. The Morgan fingerprint density at radius 3 is 2.43 bits per heavy atom. The van der Waals surface area contributed by atoms with Crippen molar-refractivity contribution < 1.29 is 14.7 Å². The van der Waals surface area contributed by atoms with E-state index in [1.165, 1.54) is 38.5 Å². The summed E-state index contributed by atoms with van der Waals surface area (Å²) >= 11 is 0. The standard InChI is InChI=1S/C27H46O3/c1-17(2)8-7-9-18(3)20-10-11-21-25-19(4)16-23(28)27(6,15-13-24(29)30)22(25)12-14-26(20,21)5/h17-22,25H,7-16H2,1-6H3,(H,29,30)/t18?,19?,20?,21?,22?,25?,26-,27-/m1/s1. The number of Topliss-reactive ketones (excluding diaryl/α,β-unsaturated/α-hetero) is 1. The number of aliphatic carboxylic acids is 1. The summed E-state index contributed by atoms with van der Waals surface area (Å²) in [4.78, 5) is 24.4. The van der Waals surface area contributed by atoms with Crippen LogP contribution >= 0.6 is 0 Å². The number of fused-ring (bicyclic) bond motifs is 3. The van der Waals surface area contributed by atoms with Crippen LogP contribution in [0.25, 0.3) is 0 Å². The minimum Gasteiger partial charge on any atom is -0.481 e. The number of carbonyl (C=O) groups is 2. The number of carboxylic acid groups (broad SMARTS) is 1. The highest BCUT2D eigenvalue weighted by Crippen LogP contribution is 2.66. The van der Waals surface area contributed by atoms with Gasteiger partial charge in [0, 0.05) is 18.3 Å². The number of carboxylic acids is 1. The molecule has 3 rings (SSSR count). The van der Waals surface area contributed by atoms with Crippen molar-refractivity contribution in [3.63, 3.8) is 0 Å². The molecule has 172 valence electrons. The van der Waals surface area contributed by atoms with Gasteiger partial charge in [0.1, 0.15) is 5.78 Å². The van der Waals surface area contributed by atoms with E-state index in [9.17, 15) is 14.7 Å². The van der Waals surface area contributed by atoms with Crippen molar-refractivity contribution in [1.82, 2.24) is 0 Å². The zero-order valence-electron chi connectivity index (χ0n) is 20.4. The van der Waals surface area contributed by atoms with Crippen LogP contribution in [-0.4, -0.2) is 16.9 Å². The summed E-state index contributed by atoms with van der Waals surface area (Å²) < 4.78 is 0. The van der Waals surface area contributed by atoms with Crippen LogP contribution in [0, 0.1) is 52.3 Å². The molecule has 30 heavy (non-hydrogen) atoms. The molecule has 0 bridgehead atoms. The first kappa shape index (κ1) is 23.8. The Kier molecular flexibility index (Phi) is 7.09. The number of carbonyl (C=O) groups excluding carboxylic acids is 1. The predicted molar refractivity (Wildman–Crippen MR) is 122 cm³/mol. The highest BCUT2D eigenvalue weighted by molar-refractivity contribution is 5.86.